The monoisotopic (exact) mass is 264 g/mol. The summed E-state index contributed by atoms with van der Waals surface area (Å²) >= 11 is 4.07. The van der Waals surface area contributed by atoms with E-state index in [0.717, 1.165) is 5.56 Å². The van der Waals surface area contributed by atoms with E-state index in [4.69, 9.17) is 0 Å². The molecule has 1 atom stereocenters. The number of hydrogen-bond acceptors (Lipinski definition) is 3. The lowest BCUT2D eigenvalue weighted by Crippen LogP contribution is -2.46. The summed E-state index contributed by atoms with van der Waals surface area (Å²) in [5.74, 6) is 0.388. The van der Waals surface area contributed by atoms with Crippen LogP contribution in [0, 0.1) is 0 Å². The van der Waals surface area contributed by atoms with Gasteiger partial charge in [-0.05, 0) is 5.56 Å². The van der Waals surface area contributed by atoms with Gasteiger partial charge in [-0.15, -0.1) is 0 Å². The second-order valence-electron chi connectivity index (χ2n) is 4.38. The van der Waals surface area contributed by atoms with Crippen molar-refractivity contribution in [1.82, 2.24) is 10.6 Å². The van der Waals surface area contributed by atoms with Crippen LogP contribution in [0.1, 0.15) is 12.0 Å². The predicted octanol–water partition coefficient (Wildman–Crippen LogP) is 0.490. The Morgan fingerprint density at radius 2 is 2.11 bits per heavy atom. The maximum Gasteiger partial charge on any atom is 0.233 e. The zero-order chi connectivity index (χ0) is 13.0. The normalized spacial score (nSPS) is 22.6. The van der Waals surface area contributed by atoms with Crippen LogP contribution in [0.5, 0.6) is 0 Å². The maximum absolute atomic E-state index is 12.3. The van der Waals surface area contributed by atoms with Crippen LogP contribution in [-0.4, -0.2) is 30.7 Å². The molecule has 2 amide bonds. The van der Waals surface area contributed by atoms with Crippen LogP contribution < -0.4 is 10.6 Å². The van der Waals surface area contributed by atoms with Gasteiger partial charge in [-0.25, -0.2) is 0 Å². The molecular weight excluding hydrogens is 248 g/mol. The fraction of sp³-hybridized carbons (Fsp3) is 0.385. The number of benzene rings is 1. The number of carbonyl (C=O) groups is 2. The van der Waals surface area contributed by atoms with E-state index in [1.165, 1.54) is 0 Å². The summed E-state index contributed by atoms with van der Waals surface area (Å²) in [5.41, 5.74) is 0.0985. The van der Waals surface area contributed by atoms with Crippen LogP contribution in [0.4, 0.5) is 0 Å². The van der Waals surface area contributed by atoms with Gasteiger partial charge in [0.15, 0.2) is 0 Å². The fourth-order valence-corrected chi connectivity index (χ4v) is 2.35. The van der Waals surface area contributed by atoms with Gasteiger partial charge in [0, 0.05) is 25.3 Å². The summed E-state index contributed by atoms with van der Waals surface area (Å²) in [4.78, 5) is 23.8. The molecule has 4 nitrogen and oxygen atoms in total. The Morgan fingerprint density at radius 1 is 1.39 bits per heavy atom. The first kappa shape index (κ1) is 13.0. The van der Waals surface area contributed by atoms with Crippen molar-refractivity contribution in [2.75, 3.05) is 18.8 Å². The van der Waals surface area contributed by atoms with Gasteiger partial charge in [0.05, 0.1) is 5.41 Å². The van der Waals surface area contributed by atoms with E-state index in [-0.39, 0.29) is 18.2 Å². The molecule has 0 spiro atoms. The highest BCUT2D eigenvalue weighted by Gasteiger charge is 2.46. The zero-order valence-corrected chi connectivity index (χ0v) is 10.9. The Morgan fingerprint density at radius 3 is 2.67 bits per heavy atom. The van der Waals surface area contributed by atoms with E-state index >= 15 is 0 Å². The highest BCUT2D eigenvalue weighted by Crippen LogP contribution is 2.31. The summed E-state index contributed by atoms with van der Waals surface area (Å²) in [6.45, 7) is 0.860. The SMILES string of the molecule is O=C1CC(C(=O)NCCS)(c2ccccc2)CN1. The van der Waals surface area contributed by atoms with Crippen molar-refractivity contribution < 1.29 is 9.59 Å². The van der Waals surface area contributed by atoms with E-state index in [2.05, 4.69) is 23.3 Å². The van der Waals surface area contributed by atoms with Crippen molar-refractivity contribution in [3.05, 3.63) is 35.9 Å². The Labute approximate surface area is 112 Å². The molecular formula is C13H16N2O2S. The van der Waals surface area contributed by atoms with Crippen molar-refractivity contribution in [2.45, 2.75) is 11.8 Å². The van der Waals surface area contributed by atoms with Crippen LogP contribution in [0.25, 0.3) is 0 Å². The minimum atomic E-state index is -0.776. The number of hydrogen-bond donors (Lipinski definition) is 3. The standard InChI is InChI=1S/C13H16N2O2S/c16-11-8-13(9-15-11,12(17)14-6-7-18)10-4-2-1-3-5-10/h1-5,18H,6-9H2,(H,14,17)(H,15,16). The molecule has 1 aromatic carbocycles. The average Bonchev–Trinajstić information content (AvgIpc) is 2.80. The van der Waals surface area contributed by atoms with Crippen LogP contribution >= 0.6 is 12.6 Å². The summed E-state index contributed by atoms with van der Waals surface area (Å²) in [7, 11) is 0. The molecule has 2 N–H and O–H groups in total. The lowest BCUT2D eigenvalue weighted by Gasteiger charge is -2.26. The van der Waals surface area contributed by atoms with Crippen molar-refractivity contribution in [3.63, 3.8) is 0 Å². The topological polar surface area (TPSA) is 58.2 Å². The molecule has 1 unspecified atom stereocenters. The number of rotatable bonds is 4. The maximum atomic E-state index is 12.3. The van der Waals surface area contributed by atoms with Crippen LogP contribution in [-0.2, 0) is 15.0 Å². The van der Waals surface area contributed by atoms with Crippen molar-refractivity contribution in [1.29, 1.82) is 0 Å². The summed E-state index contributed by atoms with van der Waals surface area (Å²) in [5, 5.41) is 5.57. The summed E-state index contributed by atoms with van der Waals surface area (Å²) in [6, 6.07) is 9.44. The van der Waals surface area contributed by atoms with E-state index in [9.17, 15) is 9.59 Å². The predicted molar refractivity (Wildman–Crippen MR) is 72.6 cm³/mol. The summed E-state index contributed by atoms with van der Waals surface area (Å²) < 4.78 is 0. The number of nitrogens with one attached hydrogen (secondary N) is 2. The lowest BCUT2D eigenvalue weighted by molar-refractivity contribution is -0.128. The molecule has 0 aromatic heterocycles. The molecule has 1 aliphatic heterocycles. The minimum Gasteiger partial charge on any atom is -0.355 e. The molecule has 1 aromatic rings. The molecule has 5 heteroatoms. The quantitative estimate of drug-likeness (QED) is 0.693. The van der Waals surface area contributed by atoms with Gasteiger partial charge in [-0.1, -0.05) is 30.3 Å². The first-order valence-corrected chi connectivity index (χ1v) is 6.54. The van der Waals surface area contributed by atoms with Crippen molar-refractivity contribution >= 4 is 24.4 Å². The molecule has 96 valence electrons. The number of amides is 2. The Hall–Kier alpha value is -1.49. The summed E-state index contributed by atoms with van der Waals surface area (Å²) in [6.07, 6.45) is 0.204. The molecule has 1 heterocycles. The van der Waals surface area contributed by atoms with E-state index in [1.54, 1.807) is 0 Å². The third-order valence-corrected chi connectivity index (χ3v) is 3.43. The van der Waals surface area contributed by atoms with Gasteiger partial charge < -0.3 is 10.6 Å². The molecule has 18 heavy (non-hydrogen) atoms. The first-order chi connectivity index (χ1) is 8.69. The van der Waals surface area contributed by atoms with Crippen LogP contribution in [0.2, 0.25) is 0 Å². The first-order valence-electron chi connectivity index (χ1n) is 5.90. The van der Waals surface area contributed by atoms with E-state index in [1.807, 2.05) is 30.3 Å². The molecule has 2 rings (SSSR count). The zero-order valence-electron chi connectivity index (χ0n) is 9.98. The molecule has 0 aliphatic carbocycles. The molecule has 0 saturated carbocycles. The molecule has 1 saturated heterocycles. The van der Waals surface area contributed by atoms with Crippen molar-refractivity contribution in [2.24, 2.45) is 0 Å². The van der Waals surface area contributed by atoms with Gasteiger partial charge in [-0.2, -0.15) is 12.6 Å². The van der Waals surface area contributed by atoms with Crippen LogP contribution in [0.3, 0.4) is 0 Å². The highest BCUT2D eigenvalue weighted by atomic mass is 32.1. The fourth-order valence-electron chi connectivity index (χ4n) is 2.24. The van der Waals surface area contributed by atoms with Gasteiger partial charge in [0.2, 0.25) is 11.8 Å². The average molecular weight is 264 g/mol. The molecule has 0 bridgehead atoms. The molecule has 1 fully saturated rings. The number of thiol groups is 1. The highest BCUT2D eigenvalue weighted by molar-refractivity contribution is 7.80. The van der Waals surface area contributed by atoms with E-state index in [0.29, 0.717) is 18.8 Å². The van der Waals surface area contributed by atoms with Gasteiger partial charge >= 0.3 is 0 Å². The number of carbonyl (C=O) groups excluding carboxylic acids is 2. The van der Waals surface area contributed by atoms with Crippen molar-refractivity contribution in [3.8, 4) is 0 Å². The largest absolute Gasteiger partial charge is 0.355 e. The second kappa shape index (κ2) is 5.44. The van der Waals surface area contributed by atoms with Crippen LogP contribution in [0.15, 0.2) is 30.3 Å². The van der Waals surface area contributed by atoms with Gasteiger partial charge in [0.25, 0.3) is 0 Å². The Kier molecular flexibility index (Phi) is 3.91. The Bertz CT molecular complexity index is 450. The van der Waals surface area contributed by atoms with E-state index < -0.39 is 5.41 Å². The molecule has 0 radical (unpaired) electrons. The third kappa shape index (κ3) is 2.36. The molecule has 1 aliphatic rings. The Balaban J connectivity index is 2.30. The second-order valence-corrected chi connectivity index (χ2v) is 4.83. The van der Waals surface area contributed by atoms with Gasteiger partial charge in [-0.3, -0.25) is 9.59 Å². The minimum absolute atomic E-state index is 0.0834. The lowest BCUT2D eigenvalue weighted by atomic mass is 9.78. The smallest absolute Gasteiger partial charge is 0.233 e. The third-order valence-electron chi connectivity index (χ3n) is 3.21. The van der Waals surface area contributed by atoms with Gasteiger partial charge in [0.1, 0.15) is 0 Å².